The van der Waals surface area contributed by atoms with Gasteiger partial charge >= 0.3 is 0 Å². The normalized spacial score (nSPS) is 10.9. The third-order valence-electron chi connectivity index (χ3n) is 2.54. The number of halogens is 1. The fourth-order valence-corrected chi connectivity index (χ4v) is 2.32. The Morgan fingerprint density at radius 2 is 2.12 bits per heavy atom. The predicted molar refractivity (Wildman–Crippen MR) is 68.6 cm³/mol. The van der Waals surface area contributed by atoms with E-state index in [0.29, 0.717) is 6.54 Å². The molecule has 0 saturated carbocycles. The maximum atomic E-state index is 4.32. The predicted octanol–water partition coefficient (Wildman–Crippen LogP) is 2.64. The molecule has 84 valence electrons. The van der Waals surface area contributed by atoms with E-state index >= 15 is 0 Å². The summed E-state index contributed by atoms with van der Waals surface area (Å²) in [5.41, 5.74) is 2.94. The second kappa shape index (κ2) is 4.25. The van der Waals surface area contributed by atoms with Crippen LogP contribution in [0.2, 0.25) is 0 Å². The van der Waals surface area contributed by atoms with Crippen LogP contribution in [0.3, 0.4) is 0 Å². The van der Waals surface area contributed by atoms with Gasteiger partial charge in [-0.3, -0.25) is 9.97 Å². The van der Waals surface area contributed by atoms with Gasteiger partial charge in [0, 0.05) is 12.4 Å². The average molecular weight is 289 g/mol. The molecule has 0 bridgehead atoms. The Morgan fingerprint density at radius 3 is 2.94 bits per heavy atom. The van der Waals surface area contributed by atoms with Gasteiger partial charge in [-0.1, -0.05) is 6.07 Å². The van der Waals surface area contributed by atoms with Gasteiger partial charge in [-0.05, 0) is 28.1 Å². The second-order valence-electron chi connectivity index (χ2n) is 3.68. The highest BCUT2D eigenvalue weighted by Gasteiger charge is 2.07. The Hall–Kier alpha value is -1.75. The summed E-state index contributed by atoms with van der Waals surface area (Å²) < 4.78 is 3.01. The molecule has 3 aromatic heterocycles. The number of imidazole rings is 1. The van der Waals surface area contributed by atoms with Crippen LogP contribution in [0.1, 0.15) is 5.69 Å². The third-order valence-corrected chi connectivity index (χ3v) is 3.12. The number of nitrogens with zero attached hydrogens (tertiary/aromatic N) is 4. The molecule has 3 aromatic rings. The number of hydrogen-bond donors (Lipinski definition) is 0. The van der Waals surface area contributed by atoms with Gasteiger partial charge in [0.05, 0.1) is 34.8 Å². The van der Waals surface area contributed by atoms with Crippen LogP contribution in [0.5, 0.6) is 0 Å². The van der Waals surface area contributed by atoms with Crippen LogP contribution in [0.25, 0.3) is 11.0 Å². The lowest BCUT2D eigenvalue weighted by atomic mass is 10.3. The fourth-order valence-electron chi connectivity index (χ4n) is 1.77. The molecule has 0 amide bonds. The molecule has 0 N–H and O–H groups in total. The molecule has 17 heavy (non-hydrogen) atoms. The molecule has 0 saturated heterocycles. The molecule has 3 heterocycles. The highest BCUT2D eigenvalue weighted by atomic mass is 79.9. The molecular weight excluding hydrogens is 280 g/mol. The van der Waals surface area contributed by atoms with E-state index in [0.717, 1.165) is 21.2 Å². The Morgan fingerprint density at radius 1 is 1.18 bits per heavy atom. The maximum Gasteiger partial charge on any atom is 0.108 e. The van der Waals surface area contributed by atoms with Gasteiger partial charge in [-0.25, -0.2) is 4.98 Å². The minimum Gasteiger partial charge on any atom is -0.323 e. The molecule has 5 heteroatoms. The van der Waals surface area contributed by atoms with Crippen LogP contribution in [-0.2, 0) is 6.54 Å². The van der Waals surface area contributed by atoms with Gasteiger partial charge in [-0.2, -0.15) is 0 Å². The molecule has 0 atom stereocenters. The van der Waals surface area contributed by atoms with Gasteiger partial charge in [0.1, 0.15) is 5.52 Å². The van der Waals surface area contributed by atoms with Gasteiger partial charge in [-0.15, -0.1) is 0 Å². The zero-order valence-corrected chi connectivity index (χ0v) is 10.5. The van der Waals surface area contributed by atoms with E-state index in [4.69, 9.17) is 0 Å². The van der Waals surface area contributed by atoms with Gasteiger partial charge < -0.3 is 4.57 Å². The third kappa shape index (κ3) is 1.93. The van der Waals surface area contributed by atoms with Crippen molar-refractivity contribution >= 4 is 27.0 Å². The summed E-state index contributed by atoms with van der Waals surface area (Å²) in [4.78, 5) is 12.7. The lowest BCUT2D eigenvalue weighted by Gasteiger charge is -2.04. The van der Waals surface area contributed by atoms with Crippen molar-refractivity contribution in [2.75, 3.05) is 0 Å². The van der Waals surface area contributed by atoms with Crippen molar-refractivity contribution in [1.29, 1.82) is 0 Å². The Bertz CT molecular complexity index is 648. The molecule has 3 rings (SSSR count). The molecule has 0 radical (unpaired) electrons. The molecule has 4 nitrogen and oxygen atoms in total. The summed E-state index contributed by atoms with van der Waals surface area (Å²) >= 11 is 3.50. The van der Waals surface area contributed by atoms with E-state index in [1.807, 2.05) is 24.5 Å². The molecule has 0 unspecified atom stereocenters. The first-order valence-electron chi connectivity index (χ1n) is 5.19. The van der Waals surface area contributed by atoms with Crippen molar-refractivity contribution < 1.29 is 0 Å². The second-order valence-corrected chi connectivity index (χ2v) is 4.54. The van der Waals surface area contributed by atoms with Crippen molar-refractivity contribution in [1.82, 2.24) is 19.5 Å². The number of pyridine rings is 2. The largest absolute Gasteiger partial charge is 0.323 e. The lowest BCUT2D eigenvalue weighted by Crippen LogP contribution is -2.00. The minimum atomic E-state index is 0.708. The monoisotopic (exact) mass is 288 g/mol. The number of aromatic nitrogens is 4. The first-order chi connectivity index (χ1) is 8.34. The van der Waals surface area contributed by atoms with Gasteiger partial charge in [0.15, 0.2) is 0 Å². The topological polar surface area (TPSA) is 43.6 Å². The SMILES string of the molecule is Brc1cncc2ncn(Cc3ccccn3)c12. The first-order valence-corrected chi connectivity index (χ1v) is 5.98. The van der Waals surface area contributed by atoms with Crippen LogP contribution in [-0.4, -0.2) is 19.5 Å². The van der Waals surface area contributed by atoms with Crippen LogP contribution in [0.15, 0.2) is 47.6 Å². The Balaban J connectivity index is 2.07. The van der Waals surface area contributed by atoms with Gasteiger partial charge in [0.2, 0.25) is 0 Å². The smallest absolute Gasteiger partial charge is 0.108 e. The van der Waals surface area contributed by atoms with Crippen molar-refractivity contribution in [2.24, 2.45) is 0 Å². The highest BCUT2D eigenvalue weighted by Crippen LogP contribution is 2.22. The van der Waals surface area contributed by atoms with E-state index < -0.39 is 0 Å². The van der Waals surface area contributed by atoms with E-state index in [-0.39, 0.29) is 0 Å². The maximum absolute atomic E-state index is 4.32. The molecule has 0 aromatic carbocycles. The summed E-state index contributed by atoms with van der Waals surface area (Å²) in [6.07, 6.45) is 7.14. The van der Waals surface area contributed by atoms with E-state index in [1.165, 1.54) is 0 Å². The van der Waals surface area contributed by atoms with Crippen LogP contribution >= 0.6 is 15.9 Å². The molecular formula is C12H9BrN4. The van der Waals surface area contributed by atoms with Crippen LogP contribution in [0.4, 0.5) is 0 Å². The van der Waals surface area contributed by atoms with Crippen molar-refractivity contribution in [3.8, 4) is 0 Å². The lowest BCUT2D eigenvalue weighted by molar-refractivity contribution is 0.796. The first kappa shape index (κ1) is 10.4. The number of rotatable bonds is 2. The Kier molecular flexibility index (Phi) is 2.60. The quantitative estimate of drug-likeness (QED) is 0.728. The number of fused-ring (bicyclic) bond motifs is 1. The Labute approximate surface area is 106 Å². The van der Waals surface area contributed by atoms with Crippen molar-refractivity contribution in [3.05, 3.63) is 53.3 Å². The average Bonchev–Trinajstić information content (AvgIpc) is 2.75. The zero-order chi connectivity index (χ0) is 11.7. The summed E-state index contributed by atoms with van der Waals surface area (Å²) in [7, 11) is 0. The fraction of sp³-hybridized carbons (Fsp3) is 0.0833. The van der Waals surface area contributed by atoms with Crippen molar-refractivity contribution in [2.45, 2.75) is 6.54 Å². The summed E-state index contributed by atoms with van der Waals surface area (Å²) in [6, 6.07) is 5.90. The highest BCUT2D eigenvalue weighted by molar-refractivity contribution is 9.10. The summed E-state index contributed by atoms with van der Waals surface area (Å²) in [6.45, 7) is 0.708. The van der Waals surface area contributed by atoms with Crippen LogP contribution in [0, 0.1) is 0 Å². The molecule has 0 spiro atoms. The van der Waals surface area contributed by atoms with Crippen molar-refractivity contribution in [3.63, 3.8) is 0 Å². The van der Waals surface area contributed by atoms with Crippen LogP contribution < -0.4 is 0 Å². The molecule has 0 fully saturated rings. The van der Waals surface area contributed by atoms with E-state index in [9.17, 15) is 0 Å². The summed E-state index contributed by atoms with van der Waals surface area (Å²) in [5.74, 6) is 0. The minimum absolute atomic E-state index is 0.708. The van der Waals surface area contributed by atoms with Gasteiger partial charge in [0.25, 0.3) is 0 Å². The standard InChI is InChI=1S/C12H9BrN4/c13-10-5-14-6-11-12(10)17(8-16-11)7-9-3-1-2-4-15-9/h1-6,8H,7H2. The molecule has 0 aliphatic rings. The zero-order valence-electron chi connectivity index (χ0n) is 8.92. The number of hydrogen-bond acceptors (Lipinski definition) is 3. The van der Waals surface area contributed by atoms with E-state index in [2.05, 4.69) is 35.4 Å². The summed E-state index contributed by atoms with van der Waals surface area (Å²) in [5, 5.41) is 0. The van der Waals surface area contributed by atoms with E-state index in [1.54, 1.807) is 18.6 Å². The molecule has 0 aliphatic heterocycles. The molecule has 0 aliphatic carbocycles.